The zero-order valence-corrected chi connectivity index (χ0v) is 10.6. The average molecular weight is 241 g/mol. The Labute approximate surface area is 101 Å². The molecule has 0 bridgehead atoms. The van der Waals surface area contributed by atoms with Crippen molar-refractivity contribution < 1.29 is 14.7 Å². The second-order valence-electron chi connectivity index (χ2n) is 4.56. The lowest BCUT2D eigenvalue weighted by atomic mass is 10.1. The highest BCUT2D eigenvalue weighted by molar-refractivity contribution is 5.85. The zero-order valence-electron chi connectivity index (χ0n) is 10.6. The highest BCUT2D eigenvalue weighted by atomic mass is 16.4. The van der Waals surface area contributed by atoms with Crippen LogP contribution in [0.25, 0.3) is 0 Å². The second-order valence-corrected chi connectivity index (χ2v) is 4.56. The first-order valence-electron chi connectivity index (χ1n) is 5.41. The Hall–Kier alpha value is -1.77. The van der Waals surface area contributed by atoms with E-state index in [9.17, 15) is 9.59 Å². The molecule has 0 aliphatic carbocycles. The Kier molecular flexibility index (Phi) is 5.45. The van der Waals surface area contributed by atoms with Gasteiger partial charge in [-0.25, -0.2) is 9.59 Å². The van der Waals surface area contributed by atoms with E-state index in [2.05, 4.69) is 5.32 Å². The highest BCUT2D eigenvalue weighted by Gasteiger charge is 2.31. The predicted octanol–water partition coefficient (Wildman–Crippen LogP) is 1.18. The summed E-state index contributed by atoms with van der Waals surface area (Å²) in [6.07, 6.45) is 0.221. The molecule has 0 spiro atoms. The van der Waals surface area contributed by atoms with Crippen LogP contribution in [0.5, 0.6) is 0 Å². The molecule has 0 aromatic heterocycles. The molecule has 0 radical (unpaired) electrons. The Balaban J connectivity index is 4.65. The van der Waals surface area contributed by atoms with Gasteiger partial charge in [-0.05, 0) is 27.7 Å². The highest BCUT2D eigenvalue weighted by Crippen LogP contribution is 2.06. The van der Waals surface area contributed by atoms with Crippen LogP contribution in [-0.2, 0) is 4.79 Å². The number of carbonyl (C=O) groups excluding carboxylic acids is 1. The maximum Gasteiger partial charge on any atom is 0.328 e. The molecular weight excluding hydrogens is 222 g/mol. The van der Waals surface area contributed by atoms with Gasteiger partial charge in [-0.2, -0.15) is 5.26 Å². The van der Waals surface area contributed by atoms with E-state index < -0.39 is 17.5 Å². The standard InChI is InChI=1S/C11H19N3O3/c1-8(2)14(7-5-6-12)10(17)13-11(3,4)9(15)16/h8H,5,7H2,1-4H3,(H,13,17)(H,15,16). The first kappa shape index (κ1) is 15.2. The molecule has 0 aromatic carbocycles. The monoisotopic (exact) mass is 241 g/mol. The minimum Gasteiger partial charge on any atom is -0.480 e. The van der Waals surface area contributed by atoms with E-state index >= 15 is 0 Å². The normalized spacial score (nSPS) is 10.8. The van der Waals surface area contributed by atoms with Crippen molar-refractivity contribution >= 4 is 12.0 Å². The SMILES string of the molecule is CC(C)N(CCC#N)C(=O)NC(C)(C)C(=O)O. The van der Waals surface area contributed by atoms with Crippen molar-refractivity contribution in [3.05, 3.63) is 0 Å². The Morgan fingerprint density at radius 1 is 1.47 bits per heavy atom. The molecule has 2 N–H and O–H groups in total. The van der Waals surface area contributed by atoms with E-state index in [1.54, 1.807) is 0 Å². The van der Waals surface area contributed by atoms with Crippen molar-refractivity contribution in [1.82, 2.24) is 10.2 Å². The number of aliphatic carboxylic acids is 1. The molecule has 0 atom stereocenters. The fraction of sp³-hybridized carbons (Fsp3) is 0.727. The molecule has 0 saturated heterocycles. The number of urea groups is 1. The largest absolute Gasteiger partial charge is 0.480 e. The van der Waals surface area contributed by atoms with Gasteiger partial charge >= 0.3 is 12.0 Å². The van der Waals surface area contributed by atoms with Gasteiger partial charge in [0.15, 0.2) is 0 Å². The number of nitrogens with one attached hydrogen (secondary N) is 1. The maximum absolute atomic E-state index is 11.9. The number of carboxylic acids is 1. The number of hydrogen-bond donors (Lipinski definition) is 2. The zero-order chi connectivity index (χ0) is 13.6. The fourth-order valence-electron chi connectivity index (χ4n) is 1.16. The molecule has 17 heavy (non-hydrogen) atoms. The Bertz CT molecular complexity index is 331. The summed E-state index contributed by atoms with van der Waals surface area (Å²) >= 11 is 0. The fourth-order valence-corrected chi connectivity index (χ4v) is 1.16. The average Bonchev–Trinajstić information content (AvgIpc) is 2.16. The number of nitrogens with zero attached hydrogens (tertiary/aromatic N) is 2. The lowest BCUT2D eigenvalue weighted by Crippen LogP contribution is -2.55. The summed E-state index contributed by atoms with van der Waals surface area (Å²) < 4.78 is 0. The van der Waals surface area contributed by atoms with Gasteiger partial charge < -0.3 is 15.3 Å². The Morgan fingerprint density at radius 3 is 2.35 bits per heavy atom. The molecule has 0 rings (SSSR count). The van der Waals surface area contributed by atoms with Crippen molar-refractivity contribution in [2.45, 2.75) is 45.7 Å². The minimum atomic E-state index is -1.32. The molecule has 6 heteroatoms. The van der Waals surface area contributed by atoms with Crippen molar-refractivity contribution in [3.63, 3.8) is 0 Å². The van der Waals surface area contributed by atoms with Gasteiger partial charge in [0.25, 0.3) is 0 Å². The number of amides is 2. The van der Waals surface area contributed by atoms with E-state index in [0.29, 0.717) is 0 Å². The first-order chi connectivity index (χ1) is 7.72. The van der Waals surface area contributed by atoms with Crippen molar-refractivity contribution in [2.75, 3.05) is 6.54 Å². The van der Waals surface area contributed by atoms with Gasteiger partial charge in [0.2, 0.25) is 0 Å². The van der Waals surface area contributed by atoms with Crippen LogP contribution in [0.1, 0.15) is 34.1 Å². The number of rotatable bonds is 5. The summed E-state index contributed by atoms with van der Waals surface area (Å²) in [6.45, 7) is 6.73. The molecule has 6 nitrogen and oxygen atoms in total. The number of nitriles is 1. The van der Waals surface area contributed by atoms with Crippen molar-refractivity contribution in [3.8, 4) is 6.07 Å². The van der Waals surface area contributed by atoms with Crippen LogP contribution >= 0.6 is 0 Å². The van der Waals surface area contributed by atoms with Crippen LogP contribution in [0.4, 0.5) is 4.79 Å². The molecule has 0 aliphatic heterocycles. The quantitative estimate of drug-likeness (QED) is 0.755. The van der Waals surface area contributed by atoms with Crippen LogP contribution < -0.4 is 5.32 Å². The molecule has 0 saturated carbocycles. The molecule has 2 amide bonds. The number of carbonyl (C=O) groups is 2. The molecule has 0 aliphatic rings. The summed E-state index contributed by atoms with van der Waals surface area (Å²) in [5.41, 5.74) is -1.32. The third kappa shape index (κ3) is 4.72. The van der Waals surface area contributed by atoms with Crippen LogP contribution in [-0.4, -0.2) is 40.1 Å². The van der Waals surface area contributed by atoms with E-state index in [4.69, 9.17) is 10.4 Å². The number of hydrogen-bond acceptors (Lipinski definition) is 3. The minimum absolute atomic E-state index is 0.0899. The molecule has 0 fully saturated rings. The molecule has 96 valence electrons. The predicted molar refractivity (Wildman–Crippen MR) is 62.3 cm³/mol. The van der Waals surface area contributed by atoms with Gasteiger partial charge in [0, 0.05) is 12.6 Å². The van der Waals surface area contributed by atoms with E-state index in [0.717, 1.165) is 0 Å². The van der Waals surface area contributed by atoms with Gasteiger partial charge in [0.1, 0.15) is 5.54 Å². The smallest absolute Gasteiger partial charge is 0.328 e. The van der Waals surface area contributed by atoms with E-state index in [1.807, 2.05) is 19.9 Å². The van der Waals surface area contributed by atoms with Gasteiger partial charge in [-0.1, -0.05) is 0 Å². The van der Waals surface area contributed by atoms with Crippen LogP contribution in [0.2, 0.25) is 0 Å². The van der Waals surface area contributed by atoms with Gasteiger partial charge in [-0.3, -0.25) is 0 Å². The summed E-state index contributed by atoms with van der Waals surface area (Å²) in [5, 5.41) is 19.8. The van der Waals surface area contributed by atoms with Crippen LogP contribution in [0.15, 0.2) is 0 Å². The third-order valence-electron chi connectivity index (χ3n) is 2.30. The molecular formula is C11H19N3O3. The van der Waals surface area contributed by atoms with E-state index in [1.165, 1.54) is 18.7 Å². The third-order valence-corrected chi connectivity index (χ3v) is 2.30. The van der Waals surface area contributed by atoms with Crippen LogP contribution in [0, 0.1) is 11.3 Å². The van der Waals surface area contributed by atoms with Crippen molar-refractivity contribution in [1.29, 1.82) is 5.26 Å². The number of carboxylic acid groups (broad SMARTS) is 1. The summed E-state index contributed by atoms with van der Waals surface area (Å²) in [6, 6.07) is 1.40. The van der Waals surface area contributed by atoms with E-state index in [-0.39, 0.29) is 19.0 Å². The lowest BCUT2D eigenvalue weighted by molar-refractivity contribution is -0.143. The van der Waals surface area contributed by atoms with Crippen molar-refractivity contribution in [2.24, 2.45) is 0 Å². The summed E-state index contributed by atoms with van der Waals surface area (Å²) in [4.78, 5) is 24.2. The van der Waals surface area contributed by atoms with Gasteiger partial charge in [0.05, 0.1) is 12.5 Å². The Morgan fingerprint density at radius 2 is 2.00 bits per heavy atom. The van der Waals surface area contributed by atoms with Crippen LogP contribution in [0.3, 0.4) is 0 Å². The second kappa shape index (κ2) is 6.09. The molecule has 0 unspecified atom stereocenters. The molecule has 0 aromatic rings. The summed E-state index contributed by atoms with van der Waals surface area (Å²) in [7, 11) is 0. The topological polar surface area (TPSA) is 93.4 Å². The van der Waals surface area contributed by atoms with Gasteiger partial charge in [-0.15, -0.1) is 0 Å². The lowest BCUT2D eigenvalue weighted by Gasteiger charge is -2.30. The maximum atomic E-state index is 11.9. The summed E-state index contributed by atoms with van der Waals surface area (Å²) in [5.74, 6) is -1.10. The molecule has 0 heterocycles. The first-order valence-corrected chi connectivity index (χ1v) is 5.41.